The molecule has 0 rings (SSSR count). The van der Waals surface area contributed by atoms with Gasteiger partial charge >= 0.3 is 0 Å². The van der Waals surface area contributed by atoms with E-state index in [0.29, 0.717) is 12.5 Å². The van der Waals surface area contributed by atoms with Gasteiger partial charge in [-0.05, 0) is 12.3 Å². The molecule has 0 amide bonds. The molecule has 0 unspecified atom stereocenters. The van der Waals surface area contributed by atoms with E-state index < -0.39 is 0 Å². The molecule has 1 nitrogen and oxygen atoms in total. The summed E-state index contributed by atoms with van der Waals surface area (Å²) in [6.07, 6.45) is 3.25. The summed E-state index contributed by atoms with van der Waals surface area (Å²) in [5, 5.41) is 0. The average molecular weight is 127 g/mol. The van der Waals surface area contributed by atoms with Gasteiger partial charge in [-0.2, -0.15) is 0 Å². The quantitative estimate of drug-likeness (QED) is 0.576. The van der Waals surface area contributed by atoms with E-state index in [1.165, 1.54) is 5.57 Å². The third kappa shape index (κ3) is 3.31. The first-order chi connectivity index (χ1) is 4.22. The van der Waals surface area contributed by atoms with Gasteiger partial charge in [0.15, 0.2) is 0 Å². The van der Waals surface area contributed by atoms with E-state index in [2.05, 4.69) is 26.8 Å². The SMILES string of the molecule is CCC(=CCN)C(C)C. The molecule has 0 saturated carbocycles. The van der Waals surface area contributed by atoms with Gasteiger partial charge in [0.25, 0.3) is 0 Å². The zero-order valence-electron chi connectivity index (χ0n) is 6.65. The molecular weight excluding hydrogens is 110 g/mol. The predicted octanol–water partition coefficient (Wildman–Crippen LogP) is 1.94. The van der Waals surface area contributed by atoms with Crippen LogP contribution in [0.4, 0.5) is 0 Å². The minimum absolute atomic E-state index is 0.665. The second-order valence-corrected chi connectivity index (χ2v) is 2.52. The van der Waals surface area contributed by atoms with Crippen molar-refractivity contribution < 1.29 is 0 Å². The Kier molecular flexibility index (Phi) is 4.41. The van der Waals surface area contributed by atoms with Crippen LogP contribution in [0.3, 0.4) is 0 Å². The Hall–Kier alpha value is -0.300. The third-order valence-corrected chi connectivity index (χ3v) is 1.53. The van der Waals surface area contributed by atoms with Crippen molar-refractivity contribution in [2.45, 2.75) is 27.2 Å². The number of hydrogen-bond acceptors (Lipinski definition) is 1. The van der Waals surface area contributed by atoms with Crippen LogP contribution in [0.15, 0.2) is 11.6 Å². The van der Waals surface area contributed by atoms with E-state index in [0.717, 1.165) is 6.42 Å². The second kappa shape index (κ2) is 4.57. The smallest absolute Gasteiger partial charge is 0.0109 e. The van der Waals surface area contributed by atoms with Crippen LogP contribution in [0.1, 0.15) is 27.2 Å². The summed E-state index contributed by atoms with van der Waals surface area (Å²) in [5.41, 5.74) is 6.84. The molecule has 0 aromatic carbocycles. The summed E-state index contributed by atoms with van der Waals surface area (Å²) in [6, 6.07) is 0. The Morgan fingerprint density at radius 3 is 2.22 bits per heavy atom. The molecular formula is C8H17N. The van der Waals surface area contributed by atoms with Crippen molar-refractivity contribution in [2.24, 2.45) is 11.7 Å². The third-order valence-electron chi connectivity index (χ3n) is 1.53. The molecule has 2 N–H and O–H groups in total. The van der Waals surface area contributed by atoms with E-state index in [1.54, 1.807) is 0 Å². The Balaban J connectivity index is 3.81. The van der Waals surface area contributed by atoms with Gasteiger partial charge in [-0.25, -0.2) is 0 Å². The van der Waals surface area contributed by atoms with Crippen molar-refractivity contribution in [1.29, 1.82) is 0 Å². The Morgan fingerprint density at radius 1 is 1.56 bits per heavy atom. The summed E-state index contributed by atoms with van der Waals surface area (Å²) >= 11 is 0. The van der Waals surface area contributed by atoms with E-state index in [4.69, 9.17) is 5.73 Å². The molecule has 0 aliphatic carbocycles. The van der Waals surface area contributed by atoms with Crippen molar-refractivity contribution in [3.8, 4) is 0 Å². The fourth-order valence-electron chi connectivity index (χ4n) is 0.940. The maximum absolute atomic E-state index is 5.37. The van der Waals surface area contributed by atoms with Gasteiger partial charge in [-0.15, -0.1) is 0 Å². The van der Waals surface area contributed by atoms with Crippen molar-refractivity contribution in [3.63, 3.8) is 0 Å². The molecule has 0 aliphatic heterocycles. The first kappa shape index (κ1) is 8.70. The van der Waals surface area contributed by atoms with Gasteiger partial charge in [-0.3, -0.25) is 0 Å². The van der Waals surface area contributed by atoms with E-state index >= 15 is 0 Å². The molecule has 0 aromatic rings. The van der Waals surface area contributed by atoms with Crippen LogP contribution in [-0.2, 0) is 0 Å². The van der Waals surface area contributed by atoms with Crippen LogP contribution in [0, 0.1) is 5.92 Å². The summed E-state index contributed by atoms with van der Waals surface area (Å²) < 4.78 is 0. The topological polar surface area (TPSA) is 26.0 Å². The lowest BCUT2D eigenvalue weighted by molar-refractivity contribution is 0.727. The van der Waals surface area contributed by atoms with Gasteiger partial charge in [-0.1, -0.05) is 32.4 Å². The van der Waals surface area contributed by atoms with Gasteiger partial charge in [0.05, 0.1) is 0 Å². The zero-order chi connectivity index (χ0) is 7.28. The first-order valence-corrected chi connectivity index (χ1v) is 3.61. The van der Waals surface area contributed by atoms with Crippen LogP contribution in [0.25, 0.3) is 0 Å². The fourth-order valence-corrected chi connectivity index (χ4v) is 0.940. The molecule has 0 atom stereocenters. The molecule has 54 valence electrons. The van der Waals surface area contributed by atoms with Crippen LogP contribution in [0.2, 0.25) is 0 Å². The van der Waals surface area contributed by atoms with Crippen LogP contribution < -0.4 is 5.73 Å². The van der Waals surface area contributed by atoms with Gasteiger partial charge in [0.1, 0.15) is 0 Å². The van der Waals surface area contributed by atoms with Gasteiger partial charge in [0, 0.05) is 6.54 Å². The van der Waals surface area contributed by atoms with Gasteiger partial charge in [0.2, 0.25) is 0 Å². The molecule has 0 saturated heterocycles. The Labute approximate surface area is 57.9 Å². The lowest BCUT2D eigenvalue weighted by atomic mass is 10.0. The summed E-state index contributed by atoms with van der Waals surface area (Å²) in [5.74, 6) is 0.665. The summed E-state index contributed by atoms with van der Waals surface area (Å²) in [4.78, 5) is 0. The molecule has 0 spiro atoms. The maximum atomic E-state index is 5.37. The highest BCUT2D eigenvalue weighted by atomic mass is 14.5. The van der Waals surface area contributed by atoms with Crippen LogP contribution in [0.5, 0.6) is 0 Å². The molecule has 0 bridgehead atoms. The lowest BCUT2D eigenvalue weighted by Gasteiger charge is -2.06. The maximum Gasteiger partial charge on any atom is 0.0109 e. The van der Waals surface area contributed by atoms with Crippen molar-refractivity contribution in [3.05, 3.63) is 11.6 Å². The predicted molar refractivity (Wildman–Crippen MR) is 42.3 cm³/mol. The van der Waals surface area contributed by atoms with E-state index in [1.807, 2.05) is 0 Å². The minimum atomic E-state index is 0.665. The second-order valence-electron chi connectivity index (χ2n) is 2.52. The first-order valence-electron chi connectivity index (χ1n) is 3.61. The van der Waals surface area contributed by atoms with Crippen molar-refractivity contribution >= 4 is 0 Å². The van der Waals surface area contributed by atoms with Crippen molar-refractivity contribution in [2.75, 3.05) is 6.54 Å². The fraction of sp³-hybridized carbons (Fsp3) is 0.750. The molecule has 9 heavy (non-hydrogen) atoms. The normalized spacial score (nSPS) is 12.8. The molecule has 0 heterocycles. The average Bonchev–Trinajstić information content (AvgIpc) is 1.82. The molecule has 0 radical (unpaired) electrons. The van der Waals surface area contributed by atoms with Crippen LogP contribution in [-0.4, -0.2) is 6.54 Å². The molecule has 0 fully saturated rings. The summed E-state index contributed by atoms with van der Waals surface area (Å²) in [7, 11) is 0. The monoisotopic (exact) mass is 127 g/mol. The Morgan fingerprint density at radius 2 is 2.11 bits per heavy atom. The standard InChI is InChI=1S/C8H17N/c1-4-8(5-6-9)7(2)3/h5,7H,4,6,9H2,1-3H3. The number of allylic oxidation sites excluding steroid dienone is 1. The molecule has 0 aromatic heterocycles. The molecule has 1 heteroatoms. The number of rotatable bonds is 3. The largest absolute Gasteiger partial charge is 0.327 e. The Bertz CT molecular complexity index is 92.7. The van der Waals surface area contributed by atoms with Crippen molar-refractivity contribution in [1.82, 2.24) is 0 Å². The highest BCUT2D eigenvalue weighted by molar-refractivity contribution is 5.04. The van der Waals surface area contributed by atoms with E-state index in [-0.39, 0.29) is 0 Å². The highest BCUT2D eigenvalue weighted by Crippen LogP contribution is 2.11. The van der Waals surface area contributed by atoms with Gasteiger partial charge < -0.3 is 5.73 Å². The van der Waals surface area contributed by atoms with Crippen LogP contribution >= 0.6 is 0 Å². The van der Waals surface area contributed by atoms with E-state index in [9.17, 15) is 0 Å². The number of nitrogens with two attached hydrogens (primary N) is 1. The highest BCUT2D eigenvalue weighted by Gasteiger charge is 1.97. The minimum Gasteiger partial charge on any atom is -0.327 e. The lowest BCUT2D eigenvalue weighted by Crippen LogP contribution is -1.99. The molecule has 0 aliphatic rings. The number of hydrogen-bond donors (Lipinski definition) is 1. The summed E-state index contributed by atoms with van der Waals surface area (Å²) in [6.45, 7) is 7.25. The zero-order valence-corrected chi connectivity index (χ0v) is 6.65.